The van der Waals surface area contributed by atoms with Crippen molar-refractivity contribution >= 4 is 11.9 Å². The summed E-state index contributed by atoms with van der Waals surface area (Å²) in [5, 5.41) is 17.3. The molecule has 0 spiro atoms. The number of aliphatic hydroxyl groups is 1. The molecule has 2 aromatic rings. The fraction of sp³-hybridized carbons (Fsp3) is 0.316. The van der Waals surface area contributed by atoms with Crippen molar-refractivity contribution in [2.24, 2.45) is 0 Å². The Kier molecular flexibility index (Phi) is 7.11. The monoisotopic (exact) mass is 396 g/mol. The van der Waals surface area contributed by atoms with Crippen molar-refractivity contribution in [1.29, 1.82) is 0 Å². The summed E-state index contributed by atoms with van der Waals surface area (Å²) >= 11 is 0. The number of aliphatic carboxylic acids is 1. The standard InChI is InChI=1S/C17H18N2O2.C2HF3O2/c20-16-8-11-19(17(21)14-6-9-18-10-7-14)15(16)12-13-4-2-1-3-5-13;3-2(4,5)1(6)7/h1-7,9-10,15-16,20H,8,11-12H2;(H,6,7)/t15-,16+;/m0./s1. The van der Waals surface area contributed by atoms with Crippen LogP contribution in [0.25, 0.3) is 0 Å². The van der Waals surface area contributed by atoms with Gasteiger partial charge in [0.1, 0.15) is 0 Å². The van der Waals surface area contributed by atoms with Crippen molar-refractivity contribution in [2.45, 2.75) is 31.2 Å². The number of carbonyl (C=O) groups is 2. The first-order valence-electron chi connectivity index (χ1n) is 8.43. The van der Waals surface area contributed by atoms with E-state index >= 15 is 0 Å². The molecule has 0 saturated carbocycles. The Hall–Kier alpha value is -2.94. The van der Waals surface area contributed by atoms with Gasteiger partial charge in [-0.3, -0.25) is 9.78 Å². The number of carboxylic acids is 1. The number of benzene rings is 1. The summed E-state index contributed by atoms with van der Waals surface area (Å²) in [7, 11) is 0. The molecule has 2 heterocycles. The second-order valence-electron chi connectivity index (χ2n) is 6.15. The molecule has 0 aliphatic carbocycles. The van der Waals surface area contributed by atoms with Gasteiger partial charge >= 0.3 is 12.1 Å². The summed E-state index contributed by atoms with van der Waals surface area (Å²) in [4.78, 5) is 27.2. The molecule has 28 heavy (non-hydrogen) atoms. The van der Waals surface area contributed by atoms with Gasteiger partial charge in [-0.2, -0.15) is 13.2 Å². The summed E-state index contributed by atoms with van der Waals surface area (Å²) in [6.45, 7) is 0.597. The zero-order chi connectivity index (χ0) is 20.7. The Morgan fingerprint density at radius 2 is 1.68 bits per heavy atom. The average molecular weight is 396 g/mol. The number of amides is 1. The zero-order valence-corrected chi connectivity index (χ0v) is 14.7. The lowest BCUT2D eigenvalue weighted by Crippen LogP contribution is -2.41. The smallest absolute Gasteiger partial charge is 0.475 e. The Bertz CT molecular complexity index is 785. The van der Waals surface area contributed by atoms with Crippen molar-refractivity contribution in [3.8, 4) is 0 Å². The molecule has 9 heteroatoms. The quantitative estimate of drug-likeness (QED) is 0.832. The number of aromatic nitrogens is 1. The number of nitrogens with zero attached hydrogens (tertiary/aromatic N) is 2. The highest BCUT2D eigenvalue weighted by molar-refractivity contribution is 5.94. The number of carbonyl (C=O) groups excluding carboxylic acids is 1. The van der Waals surface area contributed by atoms with Crippen LogP contribution in [0.1, 0.15) is 22.3 Å². The van der Waals surface area contributed by atoms with Crippen molar-refractivity contribution in [2.75, 3.05) is 6.54 Å². The number of hydrogen-bond donors (Lipinski definition) is 2. The highest BCUT2D eigenvalue weighted by Gasteiger charge is 2.38. The van der Waals surface area contributed by atoms with Gasteiger partial charge in [-0.05, 0) is 30.5 Å². The molecule has 1 aromatic heterocycles. The van der Waals surface area contributed by atoms with Crippen molar-refractivity contribution in [3.05, 3.63) is 66.0 Å². The Balaban J connectivity index is 0.000000345. The second kappa shape index (κ2) is 9.32. The third-order valence-electron chi connectivity index (χ3n) is 4.23. The van der Waals surface area contributed by atoms with Crippen LogP contribution in [0.2, 0.25) is 0 Å². The minimum atomic E-state index is -5.08. The summed E-state index contributed by atoms with van der Waals surface area (Å²) in [6, 6.07) is 13.2. The fourth-order valence-corrected chi connectivity index (χ4v) is 2.85. The van der Waals surface area contributed by atoms with E-state index in [0.29, 0.717) is 24.9 Å². The molecule has 1 saturated heterocycles. The molecule has 1 aromatic carbocycles. The molecule has 0 unspecified atom stereocenters. The van der Waals surface area contributed by atoms with E-state index in [9.17, 15) is 23.1 Å². The van der Waals surface area contributed by atoms with E-state index in [4.69, 9.17) is 9.90 Å². The maximum Gasteiger partial charge on any atom is 0.490 e. The molecule has 1 amide bonds. The molecule has 1 fully saturated rings. The molecule has 6 nitrogen and oxygen atoms in total. The molecule has 0 bridgehead atoms. The van der Waals surface area contributed by atoms with E-state index < -0.39 is 18.2 Å². The van der Waals surface area contributed by atoms with Gasteiger partial charge in [-0.1, -0.05) is 30.3 Å². The van der Waals surface area contributed by atoms with Gasteiger partial charge in [0.05, 0.1) is 12.1 Å². The van der Waals surface area contributed by atoms with Gasteiger partial charge in [0.25, 0.3) is 5.91 Å². The minimum absolute atomic E-state index is 0.0325. The highest BCUT2D eigenvalue weighted by Crippen LogP contribution is 2.24. The summed E-state index contributed by atoms with van der Waals surface area (Å²) in [5.74, 6) is -2.79. The number of likely N-dealkylation sites (tertiary alicyclic amines) is 1. The van der Waals surface area contributed by atoms with Crippen molar-refractivity contribution in [3.63, 3.8) is 0 Å². The Morgan fingerprint density at radius 1 is 1.11 bits per heavy atom. The van der Waals surface area contributed by atoms with E-state index in [1.807, 2.05) is 30.3 Å². The predicted octanol–water partition coefficient (Wildman–Crippen LogP) is 2.53. The largest absolute Gasteiger partial charge is 0.490 e. The lowest BCUT2D eigenvalue weighted by molar-refractivity contribution is -0.192. The van der Waals surface area contributed by atoms with Crippen LogP contribution < -0.4 is 0 Å². The summed E-state index contributed by atoms with van der Waals surface area (Å²) in [6.07, 6.45) is -0.999. The van der Waals surface area contributed by atoms with Crippen LogP contribution in [0, 0.1) is 0 Å². The highest BCUT2D eigenvalue weighted by atomic mass is 19.4. The normalized spacial score (nSPS) is 18.9. The maximum atomic E-state index is 12.6. The number of carboxylic acid groups (broad SMARTS) is 1. The number of alkyl halides is 3. The minimum Gasteiger partial charge on any atom is -0.475 e. The van der Waals surface area contributed by atoms with Gasteiger partial charge in [0.2, 0.25) is 0 Å². The number of pyridine rings is 1. The van der Waals surface area contributed by atoms with Crippen LogP contribution >= 0.6 is 0 Å². The van der Waals surface area contributed by atoms with Crippen LogP contribution in [-0.2, 0) is 11.2 Å². The van der Waals surface area contributed by atoms with E-state index in [-0.39, 0.29) is 11.9 Å². The van der Waals surface area contributed by atoms with Gasteiger partial charge in [-0.15, -0.1) is 0 Å². The zero-order valence-electron chi connectivity index (χ0n) is 14.7. The van der Waals surface area contributed by atoms with Crippen molar-refractivity contribution in [1.82, 2.24) is 9.88 Å². The fourth-order valence-electron chi connectivity index (χ4n) is 2.85. The van der Waals surface area contributed by atoms with Crippen LogP contribution in [0.5, 0.6) is 0 Å². The third kappa shape index (κ3) is 5.78. The molecule has 150 valence electrons. The first kappa shape index (κ1) is 21.4. The van der Waals surface area contributed by atoms with Gasteiger partial charge in [0, 0.05) is 24.5 Å². The molecule has 1 aliphatic rings. The molecule has 3 rings (SSSR count). The number of rotatable bonds is 3. The SMILES string of the molecule is O=C(O)C(F)(F)F.O=C(c1ccncc1)N1CC[C@@H](O)[C@@H]1Cc1ccccc1. The van der Waals surface area contributed by atoms with Gasteiger partial charge < -0.3 is 15.1 Å². The summed E-state index contributed by atoms with van der Waals surface area (Å²) in [5.41, 5.74) is 1.76. The average Bonchev–Trinajstić information content (AvgIpc) is 3.03. The van der Waals surface area contributed by atoms with E-state index in [1.165, 1.54) is 0 Å². The molecular weight excluding hydrogens is 377 g/mol. The van der Waals surface area contributed by atoms with Crippen LogP contribution in [0.4, 0.5) is 13.2 Å². The Labute approximate surface area is 159 Å². The topological polar surface area (TPSA) is 90.7 Å². The first-order valence-corrected chi connectivity index (χ1v) is 8.43. The van der Waals surface area contributed by atoms with Crippen LogP contribution in [-0.4, -0.2) is 56.8 Å². The number of halogens is 3. The maximum absolute atomic E-state index is 12.6. The Morgan fingerprint density at radius 3 is 2.21 bits per heavy atom. The molecule has 0 radical (unpaired) electrons. The van der Waals surface area contributed by atoms with Gasteiger partial charge in [0.15, 0.2) is 0 Å². The first-order chi connectivity index (χ1) is 13.2. The van der Waals surface area contributed by atoms with Crippen LogP contribution in [0.15, 0.2) is 54.9 Å². The van der Waals surface area contributed by atoms with E-state index in [2.05, 4.69) is 4.98 Å². The van der Waals surface area contributed by atoms with Crippen molar-refractivity contribution < 1.29 is 33.0 Å². The number of aliphatic hydroxyl groups excluding tert-OH is 1. The van der Waals surface area contributed by atoms with E-state index in [1.54, 1.807) is 29.4 Å². The predicted molar refractivity (Wildman–Crippen MR) is 93.5 cm³/mol. The summed E-state index contributed by atoms with van der Waals surface area (Å²) < 4.78 is 31.7. The van der Waals surface area contributed by atoms with E-state index in [0.717, 1.165) is 5.56 Å². The number of hydrogen-bond acceptors (Lipinski definition) is 4. The van der Waals surface area contributed by atoms with Crippen LogP contribution in [0.3, 0.4) is 0 Å². The molecule has 2 N–H and O–H groups in total. The van der Waals surface area contributed by atoms with Gasteiger partial charge in [-0.25, -0.2) is 4.79 Å². The second-order valence-corrected chi connectivity index (χ2v) is 6.15. The molecule has 1 aliphatic heterocycles. The lowest BCUT2D eigenvalue weighted by Gasteiger charge is -2.26. The molecule has 2 atom stereocenters. The lowest BCUT2D eigenvalue weighted by atomic mass is 10.0. The third-order valence-corrected chi connectivity index (χ3v) is 4.23. The molecular formula is C19H19F3N2O4.